The molecule has 1 aliphatic rings. The third-order valence-corrected chi connectivity index (χ3v) is 7.40. The largest absolute Gasteiger partial charge is 0.368 e. The number of anilines is 3. The Balaban J connectivity index is 1.23. The minimum atomic E-state index is -0.234. The van der Waals surface area contributed by atoms with Crippen LogP contribution in [0.25, 0.3) is 10.3 Å². The summed E-state index contributed by atoms with van der Waals surface area (Å²) in [5.41, 5.74) is 8.74. The van der Waals surface area contributed by atoms with Crippen LogP contribution in [0.4, 0.5) is 21.8 Å². The number of carbonyl (C=O) groups excluding carboxylic acids is 1. The van der Waals surface area contributed by atoms with Gasteiger partial charge in [0.1, 0.15) is 11.3 Å². The first-order chi connectivity index (χ1) is 17.5. The highest BCUT2D eigenvalue weighted by Crippen LogP contribution is 2.30. The summed E-state index contributed by atoms with van der Waals surface area (Å²) in [6.45, 7) is 3.28. The average Bonchev–Trinajstić information content (AvgIpc) is 3.31. The lowest BCUT2D eigenvalue weighted by Crippen LogP contribution is -2.50. The Morgan fingerprint density at radius 1 is 1.00 bits per heavy atom. The molecule has 0 bridgehead atoms. The first-order valence-electron chi connectivity index (χ1n) is 11.9. The van der Waals surface area contributed by atoms with Gasteiger partial charge in [0.15, 0.2) is 10.6 Å². The smallest absolute Gasteiger partial charge is 0.240 e. The van der Waals surface area contributed by atoms with E-state index in [4.69, 9.17) is 10.7 Å². The SMILES string of the molecule is CN(C(=O)CN1CCN(c2nc(N)nc3sc(CCc4ccc(F)cc4)nc23)CC1)c1ccccc1. The minimum absolute atomic E-state index is 0.0635. The van der Waals surface area contributed by atoms with Gasteiger partial charge >= 0.3 is 0 Å². The van der Waals surface area contributed by atoms with Crippen molar-refractivity contribution < 1.29 is 9.18 Å². The lowest BCUT2D eigenvalue weighted by Gasteiger charge is -2.35. The Labute approximate surface area is 213 Å². The topological polar surface area (TPSA) is 91.5 Å². The van der Waals surface area contributed by atoms with Crippen LogP contribution in [0.5, 0.6) is 0 Å². The Kier molecular flexibility index (Phi) is 7.06. The molecule has 1 fully saturated rings. The number of thiazole rings is 1. The second-order valence-corrected chi connectivity index (χ2v) is 9.91. The maximum Gasteiger partial charge on any atom is 0.240 e. The summed E-state index contributed by atoms with van der Waals surface area (Å²) >= 11 is 1.52. The molecule has 1 aliphatic heterocycles. The molecular weight excluding hydrogens is 477 g/mol. The molecule has 5 rings (SSSR count). The van der Waals surface area contributed by atoms with Crippen molar-refractivity contribution >= 4 is 45.0 Å². The van der Waals surface area contributed by atoms with Gasteiger partial charge in [0.05, 0.1) is 11.6 Å². The predicted octanol–water partition coefficient (Wildman–Crippen LogP) is 3.38. The lowest BCUT2D eigenvalue weighted by molar-refractivity contribution is -0.119. The van der Waals surface area contributed by atoms with E-state index < -0.39 is 0 Å². The van der Waals surface area contributed by atoms with Gasteiger partial charge in [0.25, 0.3) is 0 Å². The van der Waals surface area contributed by atoms with Crippen LogP contribution in [0.1, 0.15) is 10.6 Å². The van der Waals surface area contributed by atoms with Gasteiger partial charge in [-0.1, -0.05) is 41.7 Å². The van der Waals surface area contributed by atoms with Gasteiger partial charge in [0.2, 0.25) is 11.9 Å². The molecular formula is C26H28FN7OS. The molecule has 186 valence electrons. The van der Waals surface area contributed by atoms with Gasteiger partial charge in [-0.25, -0.2) is 14.4 Å². The van der Waals surface area contributed by atoms with Crippen LogP contribution >= 0.6 is 11.3 Å². The zero-order valence-electron chi connectivity index (χ0n) is 20.1. The van der Waals surface area contributed by atoms with E-state index in [1.165, 1.54) is 23.5 Å². The second kappa shape index (κ2) is 10.5. The van der Waals surface area contributed by atoms with E-state index >= 15 is 0 Å². The molecule has 1 amide bonds. The summed E-state index contributed by atoms with van der Waals surface area (Å²) in [5, 5.41) is 0.948. The van der Waals surface area contributed by atoms with Gasteiger partial charge in [-0.05, 0) is 36.2 Å². The Morgan fingerprint density at radius 3 is 2.44 bits per heavy atom. The van der Waals surface area contributed by atoms with Gasteiger partial charge in [-0.15, -0.1) is 0 Å². The number of aromatic nitrogens is 3. The number of nitrogen functional groups attached to an aromatic ring is 1. The molecule has 0 saturated carbocycles. The number of aryl methyl sites for hydroxylation is 2. The molecule has 2 aromatic heterocycles. The maximum atomic E-state index is 13.2. The Morgan fingerprint density at radius 2 is 1.72 bits per heavy atom. The number of likely N-dealkylation sites (N-methyl/N-ethyl adjacent to an activating group) is 1. The highest BCUT2D eigenvalue weighted by atomic mass is 32.1. The fourth-order valence-corrected chi connectivity index (χ4v) is 5.24. The number of nitrogens with two attached hydrogens (primary N) is 1. The van der Waals surface area contributed by atoms with E-state index in [-0.39, 0.29) is 17.7 Å². The van der Waals surface area contributed by atoms with Crippen molar-refractivity contribution in [1.29, 1.82) is 0 Å². The fraction of sp³-hybridized carbons (Fsp3) is 0.308. The van der Waals surface area contributed by atoms with Crippen LogP contribution < -0.4 is 15.5 Å². The zero-order chi connectivity index (χ0) is 25.1. The number of para-hydroxylation sites is 1. The molecule has 0 unspecified atom stereocenters. The molecule has 0 atom stereocenters. The quantitative estimate of drug-likeness (QED) is 0.412. The molecule has 36 heavy (non-hydrogen) atoms. The molecule has 0 spiro atoms. The van der Waals surface area contributed by atoms with Gasteiger partial charge < -0.3 is 15.5 Å². The normalized spacial score (nSPS) is 14.3. The third-order valence-electron chi connectivity index (χ3n) is 6.39. The molecule has 0 aliphatic carbocycles. The molecule has 2 N–H and O–H groups in total. The van der Waals surface area contributed by atoms with Crippen molar-refractivity contribution in [2.45, 2.75) is 12.8 Å². The van der Waals surface area contributed by atoms with E-state index in [0.29, 0.717) is 6.54 Å². The zero-order valence-corrected chi connectivity index (χ0v) is 20.9. The number of rotatable bonds is 7. The highest BCUT2D eigenvalue weighted by molar-refractivity contribution is 7.18. The van der Waals surface area contributed by atoms with Crippen molar-refractivity contribution in [3.8, 4) is 0 Å². The van der Waals surface area contributed by atoms with E-state index in [9.17, 15) is 9.18 Å². The number of amides is 1. The van der Waals surface area contributed by atoms with E-state index in [2.05, 4.69) is 19.8 Å². The standard InChI is InChI=1S/C26H28FN7OS/c1-32(20-5-3-2-4-6-20)22(35)17-33-13-15-34(16-14-33)24-23-25(31-26(28)30-24)36-21(29-23)12-9-18-7-10-19(27)11-8-18/h2-8,10-11H,9,12-17H2,1H3,(H2,28,30,31). The Bertz CT molecular complexity index is 1340. The monoisotopic (exact) mass is 505 g/mol. The number of carbonyl (C=O) groups is 1. The number of hydrogen-bond donors (Lipinski definition) is 1. The summed E-state index contributed by atoms with van der Waals surface area (Å²) in [6.07, 6.45) is 1.50. The summed E-state index contributed by atoms with van der Waals surface area (Å²) < 4.78 is 13.2. The van der Waals surface area contributed by atoms with E-state index in [1.54, 1.807) is 17.0 Å². The molecule has 3 heterocycles. The average molecular weight is 506 g/mol. The van der Waals surface area contributed by atoms with Crippen molar-refractivity contribution in [2.24, 2.45) is 0 Å². The van der Waals surface area contributed by atoms with Gasteiger partial charge in [-0.3, -0.25) is 9.69 Å². The van der Waals surface area contributed by atoms with Crippen LogP contribution in [0.3, 0.4) is 0 Å². The summed E-state index contributed by atoms with van der Waals surface area (Å²) in [7, 11) is 1.81. The predicted molar refractivity (Wildman–Crippen MR) is 142 cm³/mol. The summed E-state index contributed by atoms with van der Waals surface area (Å²) in [4.78, 5) is 33.3. The van der Waals surface area contributed by atoms with Gasteiger partial charge in [-0.2, -0.15) is 4.98 Å². The van der Waals surface area contributed by atoms with E-state index in [0.717, 1.165) is 71.4 Å². The number of halogens is 1. The first-order valence-corrected chi connectivity index (χ1v) is 12.7. The van der Waals surface area contributed by atoms with Crippen molar-refractivity contribution in [3.63, 3.8) is 0 Å². The molecule has 0 radical (unpaired) electrons. The van der Waals surface area contributed by atoms with Crippen molar-refractivity contribution in [3.05, 3.63) is 71.0 Å². The number of benzene rings is 2. The molecule has 2 aromatic carbocycles. The number of hydrogen-bond acceptors (Lipinski definition) is 8. The van der Waals surface area contributed by atoms with Gasteiger partial charge in [0, 0.05) is 45.3 Å². The third kappa shape index (κ3) is 5.44. The summed E-state index contributed by atoms with van der Waals surface area (Å²) in [5.74, 6) is 0.804. The fourth-order valence-electron chi connectivity index (χ4n) is 4.31. The van der Waals surface area contributed by atoms with Crippen LogP contribution in [0, 0.1) is 5.82 Å². The van der Waals surface area contributed by atoms with E-state index in [1.807, 2.05) is 37.4 Å². The lowest BCUT2D eigenvalue weighted by atomic mass is 10.1. The van der Waals surface area contributed by atoms with Crippen LogP contribution in [-0.2, 0) is 17.6 Å². The number of nitrogens with zero attached hydrogens (tertiary/aromatic N) is 6. The first kappa shape index (κ1) is 24.1. The summed E-state index contributed by atoms with van der Waals surface area (Å²) in [6, 6.07) is 16.2. The molecule has 1 saturated heterocycles. The Hall–Kier alpha value is -3.63. The second-order valence-electron chi connectivity index (χ2n) is 8.84. The van der Waals surface area contributed by atoms with Crippen LogP contribution in [-0.4, -0.2) is 65.5 Å². The minimum Gasteiger partial charge on any atom is -0.368 e. The molecule has 8 nitrogen and oxygen atoms in total. The number of fused-ring (bicyclic) bond motifs is 1. The molecule has 10 heteroatoms. The van der Waals surface area contributed by atoms with Crippen LogP contribution in [0.2, 0.25) is 0 Å². The van der Waals surface area contributed by atoms with Crippen molar-refractivity contribution in [2.75, 3.05) is 55.3 Å². The maximum absolute atomic E-state index is 13.2. The van der Waals surface area contributed by atoms with Crippen molar-refractivity contribution in [1.82, 2.24) is 19.9 Å². The molecule has 4 aromatic rings. The number of piperazine rings is 1. The highest BCUT2D eigenvalue weighted by Gasteiger charge is 2.24. The van der Waals surface area contributed by atoms with Crippen LogP contribution in [0.15, 0.2) is 54.6 Å².